The van der Waals surface area contributed by atoms with E-state index in [1.165, 1.54) is 15.6 Å². The van der Waals surface area contributed by atoms with Crippen LogP contribution in [0.25, 0.3) is 0 Å². The second-order valence-electron chi connectivity index (χ2n) is 7.10. The summed E-state index contributed by atoms with van der Waals surface area (Å²) >= 11 is 1.53. The number of hydrogen-bond donors (Lipinski definition) is 1. The van der Waals surface area contributed by atoms with Crippen molar-refractivity contribution < 1.29 is 13.2 Å². The van der Waals surface area contributed by atoms with Gasteiger partial charge in [-0.1, -0.05) is 6.07 Å². The molecular formula is C19H25N3O3S2. The van der Waals surface area contributed by atoms with E-state index in [1.807, 2.05) is 32.2 Å². The van der Waals surface area contributed by atoms with Gasteiger partial charge in [0.25, 0.3) is 0 Å². The fraction of sp³-hybridized carbons (Fsp3) is 0.474. The number of thiazole rings is 1. The maximum atomic E-state index is 12.9. The largest absolute Gasteiger partial charge is 0.349 e. The number of amides is 1. The van der Waals surface area contributed by atoms with Crippen LogP contribution in [0.15, 0.2) is 28.5 Å². The van der Waals surface area contributed by atoms with E-state index in [1.54, 1.807) is 12.1 Å². The molecule has 0 aliphatic carbocycles. The summed E-state index contributed by atoms with van der Waals surface area (Å²) in [6.07, 6.45) is 1.07. The number of hydrogen-bond acceptors (Lipinski definition) is 5. The van der Waals surface area contributed by atoms with Crippen LogP contribution < -0.4 is 5.32 Å². The smallest absolute Gasteiger partial charge is 0.243 e. The Balaban J connectivity index is 1.58. The van der Waals surface area contributed by atoms with Crippen molar-refractivity contribution in [1.29, 1.82) is 0 Å². The van der Waals surface area contributed by atoms with Crippen LogP contribution in [0.3, 0.4) is 0 Å². The van der Waals surface area contributed by atoms with E-state index < -0.39 is 10.0 Å². The SMILES string of the molecule is Cc1cc(C)cc(S(=O)(=O)N2CCC(C(=O)NCc3nc(C)cs3)CC2)c1. The first-order chi connectivity index (χ1) is 12.8. The normalized spacial score (nSPS) is 16.4. The summed E-state index contributed by atoms with van der Waals surface area (Å²) in [6, 6.07) is 5.37. The summed E-state index contributed by atoms with van der Waals surface area (Å²) in [5.41, 5.74) is 2.81. The van der Waals surface area contributed by atoms with Gasteiger partial charge in [0, 0.05) is 30.1 Å². The summed E-state index contributed by atoms with van der Waals surface area (Å²) in [5.74, 6) is -0.178. The maximum Gasteiger partial charge on any atom is 0.243 e. The van der Waals surface area contributed by atoms with Crippen molar-refractivity contribution in [2.45, 2.75) is 45.1 Å². The van der Waals surface area contributed by atoms with Crippen molar-refractivity contribution >= 4 is 27.3 Å². The molecule has 1 amide bonds. The monoisotopic (exact) mass is 407 g/mol. The third kappa shape index (κ3) is 4.75. The fourth-order valence-corrected chi connectivity index (χ4v) is 5.75. The molecule has 3 rings (SSSR count). The highest BCUT2D eigenvalue weighted by molar-refractivity contribution is 7.89. The van der Waals surface area contributed by atoms with Crippen LogP contribution in [-0.2, 0) is 21.4 Å². The molecule has 1 fully saturated rings. The van der Waals surface area contributed by atoms with E-state index >= 15 is 0 Å². The second-order valence-corrected chi connectivity index (χ2v) is 9.98. The molecule has 1 aliphatic rings. The number of nitrogens with one attached hydrogen (secondary N) is 1. The van der Waals surface area contributed by atoms with Gasteiger partial charge in [0.1, 0.15) is 5.01 Å². The van der Waals surface area contributed by atoms with Crippen molar-refractivity contribution in [3.8, 4) is 0 Å². The van der Waals surface area contributed by atoms with Crippen LogP contribution in [-0.4, -0.2) is 36.7 Å². The zero-order chi connectivity index (χ0) is 19.6. The van der Waals surface area contributed by atoms with E-state index in [9.17, 15) is 13.2 Å². The second kappa shape index (κ2) is 8.08. The van der Waals surface area contributed by atoms with E-state index in [4.69, 9.17) is 0 Å². The third-order valence-corrected chi connectivity index (χ3v) is 7.58. The zero-order valence-electron chi connectivity index (χ0n) is 15.9. The highest BCUT2D eigenvalue weighted by atomic mass is 32.2. The number of aryl methyl sites for hydroxylation is 3. The molecule has 1 aromatic heterocycles. The number of nitrogens with zero attached hydrogens (tertiary/aromatic N) is 2. The molecule has 0 unspecified atom stereocenters. The predicted octanol–water partition coefficient (Wildman–Crippen LogP) is 2.79. The Morgan fingerprint density at radius 1 is 1.19 bits per heavy atom. The van der Waals surface area contributed by atoms with E-state index in [0.717, 1.165) is 21.8 Å². The van der Waals surface area contributed by atoms with Gasteiger partial charge in [-0.05, 0) is 56.9 Å². The van der Waals surface area contributed by atoms with Gasteiger partial charge in [0.15, 0.2) is 0 Å². The van der Waals surface area contributed by atoms with Crippen LogP contribution in [0.5, 0.6) is 0 Å². The van der Waals surface area contributed by atoms with Gasteiger partial charge in [-0.2, -0.15) is 4.31 Å². The van der Waals surface area contributed by atoms with Gasteiger partial charge in [0.2, 0.25) is 15.9 Å². The van der Waals surface area contributed by atoms with Crippen LogP contribution >= 0.6 is 11.3 Å². The molecule has 1 saturated heterocycles. The minimum Gasteiger partial charge on any atom is -0.349 e. The Kier molecular flexibility index (Phi) is 5.98. The zero-order valence-corrected chi connectivity index (χ0v) is 17.5. The van der Waals surface area contributed by atoms with Gasteiger partial charge in [-0.3, -0.25) is 4.79 Å². The Bertz CT molecular complexity index is 909. The quantitative estimate of drug-likeness (QED) is 0.827. The van der Waals surface area contributed by atoms with Crippen molar-refractivity contribution in [2.24, 2.45) is 5.92 Å². The summed E-state index contributed by atoms with van der Waals surface area (Å²) in [5, 5.41) is 5.76. The summed E-state index contributed by atoms with van der Waals surface area (Å²) in [7, 11) is -3.52. The minimum absolute atomic E-state index is 0.0219. The molecule has 0 spiro atoms. The Labute approximate surface area is 164 Å². The number of piperidine rings is 1. The lowest BCUT2D eigenvalue weighted by Gasteiger charge is -2.30. The number of aromatic nitrogens is 1. The average Bonchev–Trinajstić information content (AvgIpc) is 3.04. The molecule has 1 N–H and O–H groups in total. The Morgan fingerprint density at radius 3 is 2.37 bits per heavy atom. The average molecular weight is 408 g/mol. The molecule has 2 aromatic rings. The summed E-state index contributed by atoms with van der Waals surface area (Å²) < 4.78 is 27.3. The van der Waals surface area contributed by atoms with E-state index in [-0.39, 0.29) is 11.8 Å². The molecule has 27 heavy (non-hydrogen) atoms. The minimum atomic E-state index is -3.52. The van der Waals surface area contributed by atoms with E-state index in [2.05, 4.69) is 10.3 Å². The number of benzene rings is 1. The van der Waals surface area contributed by atoms with Gasteiger partial charge in [-0.15, -0.1) is 11.3 Å². The highest BCUT2D eigenvalue weighted by Gasteiger charge is 2.32. The van der Waals surface area contributed by atoms with Crippen LogP contribution in [0.4, 0.5) is 0 Å². The molecule has 1 aliphatic heterocycles. The molecule has 0 atom stereocenters. The summed E-state index contributed by atoms with van der Waals surface area (Å²) in [6.45, 7) is 6.87. The Morgan fingerprint density at radius 2 is 1.81 bits per heavy atom. The van der Waals surface area contributed by atoms with E-state index in [0.29, 0.717) is 37.4 Å². The first-order valence-corrected chi connectivity index (χ1v) is 11.3. The first kappa shape index (κ1) is 20.0. The third-order valence-electron chi connectivity index (χ3n) is 4.74. The lowest BCUT2D eigenvalue weighted by Crippen LogP contribution is -2.42. The van der Waals surface area contributed by atoms with Gasteiger partial charge >= 0.3 is 0 Å². The lowest BCUT2D eigenvalue weighted by molar-refractivity contribution is -0.126. The van der Waals surface area contributed by atoms with Crippen LogP contribution in [0, 0.1) is 26.7 Å². The maximum absolute atomic E-state index is 12.9. The topological polar surface area (TPSA) is 79.4 Å². The van der Waals surface area contributed by atoms with Gasteiger partial charge < -0.3 is 5.32 Å². The number of carbonyl (C=O) groups excluding carboxylic acids is 1. The standard InChI is InChI=1S/C19H25N3O3S2/c1-13-8-14(2)10-17(9-13)27(24,25)22-6-4-16(5-7-22)19(23)20-11-18-21-15(3)12-26-18/h8-10,12,16H,4-7,11H2,1-3H3,(H,20,23). The summed E-state index contributed by atoms with van der Waals surface area (Å²) in [4.78, 5) is 17.1. The molecule has 1 aromatic carbocycles. The fourth-order valence-electron chi connectivity index (χ4n) is 3.38. The number of sulfonamides is 1. The molecule has 146 valence electrons. The molecular weight excluding hydrogens is 382 g/mol. The number of carbonyl (C=O) groups is 1. The van der Waals surface area contributed by atoms with Crippen molar-refractivity contribution in [3.63, 3.8) is 0 Å². The molecule has 6 nitrogen and oxygen atoms in total. The van der Waals surface area contributed by atoms with Crippen molar-refractivity contribution in [2.75, 3.05) is 13.1 Å². The molecule has 0 bridgehead atoms. The number of rotatable bonds is 5. The first-order valence-electron chi connectivity index (χ1n) is 9.03. The van der Waals surface area contributed by atoms with Gasteiger partial charge in [0.05, 0.1) is 11.4 Å². The Hall–Kier alpha value is -1.77. The van der Waals surface area contributed by atoms with Crippen LogP contribution in [0.1, 0.15) is 34.7 Å². The lowest BCUT2D eigenvalue weighted by atomic mass is 9.97. The highest BCUT2D eigenvalue weighted by Crippen LogP contribution is 2.25. The van der Waals surface area contributed by atoms with Crippen molar-refractivity contribution in [3.05, 3.63) is 45.4 Å². The van der Waals surface area contributed by atoms with Gasteiger partial charge in [-0.25, -0.2) is 13.4 Å². The molecule has 2 heterocycles. The molecule has 0 saturated carbocycles. The molecule has 8 heteroatoms. The van der Waals surface area contributed by atoms with Crippen LogP contribution in [0.2, 0.25) is 0 Å². The van der Waals surface area contributed by atoms with Crippen molar-refractivity contribution in [1.82, 2.24) is 14.6 Å². The predicted molar refractivity (Wildman–Crippen MR) is 106 cm³/mol. The molecule has 0 radical (unpaired) electrons.